The fraction of sp³-hybridized carbons (Fsp3) is 0.444. The molecule has 0 bridgehead atoms. The van der Waals surface area contributed by atoms with Gasteiger partial charge >= 0.3 is 15.5 Å². The number of hydrogen-bond donors (Lipinski definition) is 0. The SMILES string of the molecule is CC1=CC(=C2CCCCC2)CN(S(=O)(=O)C(F)(F)F)c2ccccc21. The average molecular weight is 371 g/mol. The third-order valence-electron chi connectivity index (χ3n) is 4.80. The summed E-state index contributed by atoms with van der Waals surface area (Å²) in [5.74, 6) is 0. The van der Waals surface area contributed by atoms with Crippen molar-refractivity contribution in [1.82, 2.24) is 0 Å². The van der Waals surface area contributed by atoms with Crippen molar-refractivity contribution < 1.29 is 21.6 Å². The molecule has 0 spiro atoms. The molecule has 0 atom stereocenters. The second-order valence-electron chi connectivity index (χ2n) is 6.49. The van der Waals surface area contributed by atoms with Crippen molar-refractivity contribution in [3.63, 3.8) is 0 Å². The van der Waals surface area contributed by atoms with E-state index in [1.165, 1.54) is 6.07 Å². The number of benzene rings is 1. The van der Waals surface area contributed by atoms with Gasteiger partial charge < -0.3 is 0 Å². The summed E-state index contributed by atoms with van der Waals surface area (Å²) in [6.07, 6.45) is 6.57. The number of halogens is 3. The van der Waals surface area contributed by atoms with Gasteiger partial charge in [-0.25, -0.2) is 0 Å². The average Bonchev–Trinajstić information content (AvgIpc) is 2.72. The molecule has 1 saturated carbocycles. The molecule has 3 rings (SSSR count). The van der Waals surface area contributed by atoms with Crippen molar-refractivity contribution in [2.24, 2.45) is 0 Å². The Morgan fingerprint density at radius 3 is 2.32 bits per heavy atom. The fourth-order valence-corrected chi connectivity index (χ4v) is 4.48. The summed E-state index contributed by atoms with van der Waals surface area (Å²) in [5.41, 5.74) is -2.19. The predicted molar refractivity (Wildman–Crippen MR) is 92.5 cm³/mol. The summed E-state index contributed by atoms with van der Waals surface area (Å²) in [7, 11) is -5.47. The minimum atomic E-state index is -5.47. The summed E-state index contributed by atoms with van der Waals surface area (Å²) >= 11 is 0. The Bertz CT molecular complexity index is 830. The molecule has 0 amide bonds. The second-order valence-corrected chi connectivity index (χ2v) is 8.35. The van der Waals surface area contributed by atoms with E-state index in [0.29, 0.717) is 15.4 Å². The van der Waals surface area contributed by atoms with Crippen LogP contribution in [0.25, 0.3) is 5.57 Å². The first kappa shape index (κ1) is 18.0. The van der Waals surface area contributed by atoms with Crippen molar-refractivity contribution in [3.8, 4) is 0 Å². The van der Waals surface area contributed by atoms with Crippen LogP contribution in [0.15, 0.2) is 41.5 Å². The third kappa shape index (κ3) is 3.34. The number of rotatable bonds is 1. The van der Waals surface area contributed by atoms with Gasteiger partial charge in [-0.1, -0.05) is 36.3 Å². The van der Waals surface area contributed by atoms with E-state index in [-0.39, 0.29) is 12.2 Å². The van der Waals surface area contributed by atoms with Crippen LogP contribution in [0.3, 0.4) is 0 Å². The predicted octanol–water partition coefficient (Wildman–Crippen LogP) is 5.02. The molecule has 0 aromatic heterocycles. The molecule has 0 unspecified atom stereocenters. The number of allylic oxidation sites excluding steroid dienone is 2. The van der Waals surface area contributed by atoms with Gasteiger partial charge in [-0.05, 0) is 49.8 Å². The Morgan fingerprint density at radius 2 is 1.68 bits per heavy atom. The minimum absolute atomic E-state index is 0.0833. The maximum atomic E-state index is 13.2. The third-order valence-corrected chi connectivity index (χ3v) is 6.29. The van der Waals surface area contributed by atoms with Gasteiger partial charge in [0.15, 0.2) is 0 Å². The molecule has 1 aromatic rings. The Kier molecular flexibility index (Phi) is 4.70. The molecular weight excluding hydrogens is 351 g/mol. The fourth-order valence-electron chi connectivity index (χ4n) is 3.50. The van der Waals surface area contributed by atoms with Crippen LogP contribution in [0.1, 0.15) is 44.6 Å². The first-order valence-corrected chi connectivity index (χ1v) is 9.73. The molecule has 3 nitrogen and oxygen atoms in total. The van der Waals surface area contributed by atoms with E-state index in [9.17, 15) is 21.6 Å². The molecule has 1 fully saturated rings. The molecular formula is C18H20F3NO2S. The van der Waals surface area contributed by atoms with Crippen molar-refractivity contribution in [1.29, 1.82) is 0 Å². The van der Waals surface area contributed by atoms with Crippen LogP contribution in [0.5, 0.6) is 0 Å². The van der Waals surface area contributed by atoms with Gasteiger partial charge in [-0.15, -0.1) is 0 Å². The van der Waals surface area contributed by atoms with Crippen LogP contribution in [-0.4, -0.2) is 20.5 Å². The quantitative estimate of drug-likeness (QED) is 0.695. The highest BCUT2D eigenvalue weighted by molar-refractivity contribution is 7.93. The van der Waals surface area contributed by atoms with Gasteiger partial charge in [-0.3, -0.25) is 4.31 Å². The normalized spacial score (nSPS) is 19.4. The van der Waals surface area contributed by atoms with Gasteiger partial charge in [0.2, 0.25) is 0 Å². The monoisotopic (exact) mass is 371 g/mol. The number of anilines is 1. The zero-order valence-electron chi connectivity index (χ0n) is 13.9. The highest BCUT2D eigenvalue weighted by atomic mass is 32.2. The molecule has 1 heterocycles. The smallest absolute Gasteiger partial charge is 0.258 e. The molecule has 0 N–H and O–H groups in total. The van der Waals surface area contributed by atoms with Gasteiger partial charge in [-0.2, -0.15) is 21.6 Å². The zero-order valence-corrected chi connectivity index (χ0v) is 14.8. The summed E-state index contributed by atoms with van der Waals surface area (Å²) < 4.78 is 64.7. The number of para-hydroxylation sites is 1. The highest BCUT2D eigenvalue weighted by Crippen LogP contribution is 2.39. The summed E-state index contributed by atoms with van der Waals surface area (Å²) in [4.78, 5) is 0. The number of nitrogens with zero attached hydrogens (tertiary/aromatic N) is 1. The summed E-state index contributed by atoms with van der Waals surface area (Å²) in [6, 6.07) is 6.36. The van der Waals surface area contributed by atoms with Crippen LogP contribution < -0.4 is 4.31 Å². The Morgan fingerprint density at radius 1 is 1.04 bits per heavy atom. The van der Waals surface area contributed by atoms with Crippen molar-refractivity contribution in [2.45, 2.75) is 44.5 Å². The van der Waals surface area contributed by atoms with E-state index in [0.717, 1.165) is 43.3 Å². The van der Waals surface area contributed by atoms with Crippen molar-refractivity contribution >= 4 is 21.3 Å². The van der Waals surface area contributed by atoms with E-state index >= 15 is 0 Å². The van der Waals surface area contributed by atoms with E-state index in [2.05, 4.69) is 0 Å². The van der Waals surface area contributed by atoms with Gasteiger partial charge in [0.1, 0.15) is 0 Å². The molecule has 1 aliphatic carbocycles. The van der Waals surface area contributed by atoms with Crippen LogP contribution in [0, 0.1) is 0 Å². The Balaban J connectivity index is 2.19. The zero-order chi connectivity index (χ0) is 18.2. The van der Waals surface area contributed by atoms with Crippen molar-refractivity contribution in [3.05, 3.63) is 47.1 Å². The summed E-state index contributed by atoms with van der Waals surface area (Å²) in [5, 5.41) is 0. The van der Waals surface area contributed by atoms with Gasteiger partial charge in [0.25, 0.3) is 0 Å². The van der Waals surface area contributed by atoms with E-state index in [4.69, 9.17) is 0 Å². The first-order valence-electron chi connectivity index (χ1n) is 8.29. The van der Waals surface area contributed by atoms with Crippen molar-refractivity contribution in [2.75, 3.05) is 10.8 Å². The highest BCUT2D eigenvalue weighted by Gasteiger charge is 2.51. The largest absolute Gasteiger partial charge is 0.516 e. The van der Waals surface area contributed by atoms with Crippen LogP contribution >= 0.6 is 0 Å². The molecule has 2 aliphatic rings. The topological polar surface area (TPSA) is 37.4 Å². The molecule has 25 heavy (non-hydrogen) atoms. The molecule has 1 aliphatic heterocycles. The lowest BCUT2D eigenvalue weighted by atomic mass is 9.90. The van der Waals surface area contributed by atoms with Gasteiger partial charge in [0.05, 0.1) is 12.2 Å². The maximum Gasteiger partial charge on any atom is 0.516 e. The van der Waals surface area contributed by atoms with E-state index < -0.39 is 15.5 Å². The number of hydrogen-bond acceptors (Lipinski definition) is 2. The first-order chi connectivity index (χ1) is 11.7. The van der Waals surface area contributed by atoms with E-state index in [1.807, 2.05) is 13.0 Å². The molecule has 1 aromatic carbocycles. The van der Waals surface area contributed by atoms with Gasteiger partial charge in [0, 0.05) is 5.56 Å². The number of fused-ring (bicyclic) bond motifs is 1. The number of sulfonamides is 1. The lowest BCUT2D eigenvalue weighted by molar-refractivity contribution is -0.0437. The lowest BCUT2D eigenvalue weighted by Crippen LogP contribution is -2.42. The summed E-state index contributed by atoms with van der Waals surface area (Å²) in [6.45, 7) is 1.54. The van der Waals surface area contributed by atoms with Crippen LogP contribution in [-0.2, 0) is 10.0 Å². The van der Waals surface area contributed by atoms with Crippen LogP contribution in [0.4, 0.5) is 18.9 Å². The minimum Gasteiger partial charge on any atom is -0.258 e. The molecule has 0 saturated heterocycles. The molecule has 7 heteroatoms. The number of alkyl halides is 3. The molecule has 0 radical (unpaired) electrons. The Hall–Kier alpha value is -1.76. The maximum absolute atomic E-state index is 13.2. The molecule has 136 valence electrons. The Labute approximate surface area is 145 Å². The van der Waals surface area contributed by atoms with Crippen LogP contribution in [0.2, 0.25) is 0 Å². The van der Waals surface area contributed by atoms with E-state index in [1.54, 1.807) is 18.2 Å². The second kappa shape index (κ2) is 6.52. The standard InChI is InChI=1S/C18H20F3NO2S/c1-13-11-15(14-7-3-2-4-8-14)12-22(25(23,24)18(19,20)21)17-10-6-5-9-16(13)17/h5-6,9-11H,2-4,7-8,12H2,1H3. The lowest BCUT2D eigenvalue weighted by Gasteiger charge is -2.27.